The zero-order valence-electron chi connectivity index (χ0n) is 14.7. The van der Waals surface area contributed by atoms with Gasteiger partial charge in [-0.2, -0.15) is 0 Å². The minimum Gasteiger partial charge on any atom is -0.375 e. The van der Waals surface area contributed by atoms with E-state index in [1.54, 1.807) is 6.20 Å². The number of amides is 1. The van der Waals surface area contributed by atoms with Crippen LogP contribution in [0.25, 0.3) is 11.0 Å². The number of hydrogen-bond donors (Lipinski definition) is 1. The van der Waals surface area contributed by atoms with E-state index < -0.39 is 0 Å². The zero-order valence-corrected chi connectivity index (χ0v) is 14.7. The van der Waals surface area contributed by atoms with Gasteiger partial charge in [0, 0.05) is 25.2 Å². The normalized spacial score (nSPS) is 26.8. The van der Waals surface area contributed by atoms with Crippen LogP contribution in [0.3, 0.4) is 0 Å². The average Bonchev–Trinajstić information content (AvgIpc) is 3.02. The Hall–Kier alpha value is -2.05. The van der Waals surface area contributed by atoms with Crippen molar-refractivity contribution >= 4 is 16.9 Å². The average molecular weight is 340 g/mol. The first-order valence-corrected chi connectivity index (χ1v) is 8.98. The minimum absolute atomic E-state index is 0.139. The van der Waals surface area contributed by atoms with Crippen LogP contribution in [0, 0.1) is 5.92 Å². The van der Waals surface area contributed by atoms with Crippen LogP contribution in [0.15, 0.2) is 30.5 Å². The molecule has 4 rings (SSSR count). The second-order valence-corrected chi connectivity index (χ2v) is 7.37. The molecule has 1 N–H and O–H groups in total. The van der Waals surface area contributed by atoms with E-state index in [1.807, 2.05) is 24.3 Å². The molecule has 2 aliphatic heterocycles. The van der Waals surface area contributed by atoms with Crippen molar-refractivity contribution in [2.75, 3.05) is 19.7 Å². The van der Waals surface area contributed by atoms with Crippen LogP contribution in [-0.4, -0.2) is 58.7 Å². The summed E-state index contributed by atoms with van der Waals surface area (Å²) in [6.07, 6.45) is 2.77. The van der Waals surface area contributed by atoms with Gasteiger partial charge in [0.2, 0.25) is 0 Å². The van der Waals surface area contributed by atoms with Gasteiger partial charge >= 0.3 is 0 Å². The molecule has 2 aromatic rings. The number of para-hydroxylation sites is 2. The molecule has 1 aromatic heterocycles. The largest absolute Gasteiger partial charge is 0.375 e. The maximum Gasteiger partial charge on any atom is 0.271 e. The highest BCUT2D eigenvalue weighted by molar-refractivity contribution is 5.93. The number of benzene rings is 1. The standard InChI is InChI=1S/C19H24N4O2/c1-12(2)18-10-23-9-13(7-14(23)11-25-18)21-19(24)17-8-20-15-5-3-4-6-16(15)22-17/h3-6,8,12-14,18H,7,9-11H2,1-2H3,(H,21,24)/t13-,14-,18+/m0/s1. The van der Waals surface area contributed by atoms with Gasteiger partial charge in [-0.15, -0.1) is 0 Å². The van der Waals surface area contributed by atoms with Crippen molar-refractivity contribution in [1.29, 1.82) is 0 Å². The molecule has 0 unspecified atom stereocenters. The molecule has 1 aromatic carbocycles. The molecule has 6 nitrogen and oxygen atoms in total. The smallest absolute Gasteiger partial charge is 0.271 e. The second kappa shape index (κ2) is 6.69. The Kier molecular flexibility index (Phi) is 4.39. The molecule has 1 amide bonds. The molecule has 132 valence electrons. The fourth-order valence-electron chi connectivity index (χ4n) is 3.73. The van der Waals surface area contributed by atoms with Gasteiger partial charge in [0.1, 0.15) is 5.69 Å². The predicted molar refractivity (Wildman–Crippen MR) is 95.3 cm³/mol. The number of ether oxygens (including phenoxy) is 1. The Balaban J connectivity index is 1.41. The minimum atomic E-state index is -0.149. The molecule has 0 radical (unpaired) electrons. The highest BCUT2D eigenvalue weighted by atomic mass is 16.5. The number of aromatic nitrogens is 2. The van der Waals surface area contributed by atoms with Crippen LogP contribution in [0.1, 0.15) is 30.8 Å². The Labute approximate surface area is 147 Å². The van der Waals surface area contributed by atoms with Gasteiger partial charge in [-0.25, -0.2) is 4.98 Å². The van der Waals surface area contributed by atoms with E-state index in [0.29, 0.717) is 17.7 Å². The van der Waals surface area contributed by atoms with Crippen LogP contribution < -0.4 is 5.32 Å². The maximum absolute atomic E-state index is 12.6. The van der Waals surface area contributed by atoms with Crippen molar-refractivity contribution in [1.82, 2.24) is 20.2 Å². The molecule has 2 saturated heterocycles. The number of nitrogens with zero attached hydrogens (tertiary/aromatic N) is 3. The first-order chi connectivity index (χ1) is 12.1. The van der Waals surface area contributed by atoms with Gasteiger partial charge in [0.15, 0.2) is 0 Å². The highest BCUT2D eigenvalue weighted by Gasteiger charge is 2.38. The van der Waals surface area contributed by atoms with Crippen LogP contribution in [0.5, 0.6) is 0 Å². The molecular formula is C19H24N4O2. The zero-order chi connectivity index (χ0) is 17.4. The lowest BCUT2D eigenvalue weighted by Gasteiger charge is -2.36. The maximum atomic E-state index is 12.6. The molecule has 3 heterocycles. The van der Waals surface area contributed by atoms with Gasteiger partial charge in [0.25, 0.3) is 5.91 Å². The summed E-state index contributed by atoms with van der Waals surface area (Å²) in [5.41, 5.74) is 1.92. The van der Waals surface area contributed by atoms with Gasteiger partial charge in [-0.1, -0.05) is 26.0 Å². The Bertz CT molecular complexity index is 779. The summed E-state index contributed by atoms with van der Waals surface area (Å²) in [6.45, 7) is 6.97. The molecule has 0 spiro atoms. The van der Waals surface area contributed by atoms with Gasteiger partial charge in [-0.05, 0) is 24.5 Å². The monoisotopic (exact) mass is 340 g/mol. The number of hydrogen-bond acceptors (Lipinski definition) is 5. The van der Waals surface area contributed by atoms with E-state index in [1.165, 1.54) is 0 Å². The predicted octanol–water partition coefficient (Wildman–Crippen LogP) is 1.86. The number of fused-ring (bicyclic) bond motifs is 2. The van der Waals surface area contributed by atoms with E-state index in [2.05, 4.69) is 34.0 Å². The lowest BCUT2D eigenvalue weighted by atomic mass is 10.0. The van der Waals surface area contributed by atoms with E-state index in [0.717, 1.165) is 37.2 Å². The van der Waals surface area contributed by atoms with Crippen molar-refractivity contribution in [2.24, 2.45) is 5.92 Å². The lowest BCUT2D eigenvalue weighted by molar-refractivity contribution is -0.0683. The van der Waals surface area contributed by atoms with Crippen molar-refractivity contribution in [3.8, 4) is 0 Å². The summed E-state index contributed by atoms with van der Waals surface area (Å²) in [4.78, 5) is 23.8. The molecular weight excluding hydrogens is 316 g/mol. The summed E-state index contributed by atoms with van der Waals surface area (Å²) in [5.74, 6) is 0.367. The summed E-state index contributed by atoms with van der Waals surface area (Å²) in [5, 5.41) is 3.12. The summed E-state index contributed by atoms with van der Waals surface area (Å²) < 4.78 is 5.96. The van der Waals surface area contributed by atoms with Gasteiger partial charge in [-0.3, -0.25) is 14.7 Å². The van der Waals surface area contributed by atoms with Gasteiger partial charge in [0.05, 0.1) is 29.9 Å². The van der Waals surface area contributed by atoms with E-state index in [9.17, 15) is 4.79 Å². The van der Waals surface area contributed by atoms with Crippen molar-refractivity contribution < 1.29 is 9.53 Å². The molecule has 6 heteroatoms. The third-order valence-corrected chi connectivity index (χ3v) is 5.21. The molecule has 0 bridgehead atoms. The fourth-order valence-corrected chi connectivity index (χ4v) is 3.73. The lowest BCUT2D eigenvalue weighted by Crippen LogP contribution is -2.48. The molecule has 2 fully saturated rings. The van der Waals surface area contributed by atoms with E-state index in [4.69, 9.17) is 4.74 Å². The first-order valence-electron chi connectivity index (χ1n) is 8.98. The number of nitrogens with one attached hydrogen (secondary N) is 1. The first kappa shape index (κ1) is 16.4. The number of carbonyl (C=O) groups is 1. The number of rotatable bonds is 3. The van der Waals surface area contributed by atoms with Gasteiger partial charge < -0.3 is 10.1 Å². The summed E-state index contributed by atoms with van der Waals surface area (Å²) in [6, 6.07) is 8.13. The van der Waals surface area contributed by atoms with E-state index in [-0.39, 0.29) is 18.1 Å². The highest BCUT2D eigenvalue weighted by Crippen LogP contribution is 2.26. The van der Waals surface area contributed by atoms with Crippen molar-refractivity contribution in [3.05, 3.63) is 36.2 Å². The van der Waals surface area contributed by atoms with Crippen LogP contribution >= 0.6 is 0 Å². The Morgan fingerprint density at radius 1 is 1.28 bits per heavy atom. The topological polar surface area (TPSA) is 67.4 Å². The van der Waals surface area contributed by atoms with Crippen LogP contribution in [0.2, 0.25) is 0 Å². The SMILES string of the molecule is CC(C)[C@H]1CN2C[C@@H](NC(=O)c3cnc4ccccc4n3)C[C@H]2CO1. The van der Waals surface area contributed by atoms with Crippen LogP contribution in [0.4, 0.5) is 0 Å². The molecule has 3 atom stereocenters. The number of morpholine rings is 1. The van der Waals surface area contributed by atoms with E-state index >= 15 is 0 Å². The summed E-state index contributed by atoms with van der Waals surface area (Å²) in [7, 11) is 0. The Morgan fingerprint density at radius 2 is 2.08 bits per heavy atom. The molecule has 25 heavy (non-hydrogen) atoms. The summed E-state index contributed by atoms with van der Waals surface area (Å²) >= 11 is 0. The fraction of sp³-hybridized carbons (Fsp3) is 0.526. The molecule has 0 aliphatic carbocycles. The second-order valence-electron chi connectivity index (χ2n) is 7.37. The van der Waals surface area contributed by atoms with Crippen molar-refractivity contribution in [3.63, 3.8) is 0 Å². The molecule has 2 aliphatic rings. The molecule has 0 saturated carbocycles. The Morgan fingerprint density at radius 3 is 2.88 bits per heavy atom. The quantitative estimate of drug-likeness (QED) is 0.924. The third kappa shape index (κ3) is 3.37. The third-order valence-electron chi connectivity index (χ3n) is 5.21. The van der Waals surface area contributed by atoms with Crippen molar-refractivity contribution in [2.45, 2.75) is 38.5 Å². The van der Waals surface area contributed by atoms with Crippen LogP contribution in [-0.2, 0) is 4.74 Å². The number of carbonyl (C=O) groups excluding carboxylic acids is 1.